The zero-order valence-electron chi connectivity index (χ0n) is 17.8. The summed E-state index contributed by atoms with van der Waals surface area (Å²) in [5.41, 5.74) is 1.40. The number of hydrogen-bond acceptors (Lipinski definition) is 4. The Hall–Kier alpha value is -1.44. The monoisotopic (exact) mass is 434 g/mol. The van der Waals surface area contributed by atoms with Gasteiger partial charge in [-0.15, -0.1) is 0 Å². The molecule has 4 rings (SSSR count). The van der Waals surface area contributed by atoms with Crippen molar-refractivity contribution in [2.45, 2.75) is 75.5 Å². The van der Waals surface area contributed by atoms with E-state index in [9.17, 15) is 13.2 Å². The molecule has 30 heavy (non-hydrogen) atoms. The van der Waals surface area contributed by atoms with Crippen LogP contribution < -0.4 is 4.72 Å². The number of ether oxygens (including phenoxy) is 1. The van der Waals surface area contributed by atoms with Crippen LogP contribution in [0.25, 0.3) is 0 Å². The second-order valence-electron chi connectivity index (χ2n) is 9.23. The number of nitrogens with zero attached hydrogens (tertiary/aromatic N) is 1. The average Bonchev–Trinajstić information content (AvgIpc) is 3.07. The minimum Gasteiger partial charge on any atom is -0.376 e. The van der Waals surface area contributed by atoms with Crippen LogP contribution in [0.15, 0.2) is 30.3 Å². The number of amides is 1. The van der Waals surface area contributed by atoms with Gasteiger partial charge in [0.15, 0.2) is 0 Å². The second-order valence-corrected chi connectivity index (χ2v) is 11.0. The van der Waals surface area contributed by atoms with E-state index >= 15 is 0 Å². The molecule has 3 fully saturated rings. The van der Waals surface area contributed by atoms with Gasteiger partial charge in [-0.3, -0.25) is 4.79 Å². The third-order valence-electron chi connectivity index (χ3n) is 7.10. The van der Waals surface area contributed by atoms with Gasteiger partial charge in [-0.05, 0) is 56.4 Å². The Morgan fingerprint density at radius 1 is 1.07 bits per heavy atom. The number of carbonyl (C=O) groups excluding carboxylic acids is 1. The number of hydrogen-bond donors (Lipinski definition) is 1. The second kappa shape index (κ2) is 9.37. The Kier molecular flexibility index (Phi) is 6.80. The van der Waals surface area contributed by atoms with Crippen LogP contribution in [0.4, 0.5) is 0 Å². The van der Waals surface area contributed by atoms with Crippen molar-refractivity contribution >= 4 is 15.9 Å². The first kappa shape index (κ1) is 21.8. The Balaban J connectivity index is 1.34. The van der Waals surface area contributed by atoms with Crippen LogP contribution in [0, 0.1) is 5.92 Å². The molecule has 1 heterocycles. The van der Waals surface area contributed by atoms with Gasteiger partial charge < -0.3 is 9.64 Å². The van der Waals surface area contributed by atoms with Gasteiger partial charge in [-0.2, -0.15) is 0 Å². The van der Waals surface area contributed by atoms with Gasteiger partial charge in [0.1, 0.15) is 0 Å². The summed E-state index contributed by atoms with van der Waals surface area (Å²) in [5.74, 6) is 0.889. The number of benzene rings is 1. The molecular weight excluding hydrogens is 400 g/mol. The van der Waals surface area contributed by atoms with Crippen LogP contribution in [-0.2, 0) is 19.6 Å². The molecule has 1 N–H and O–H groups in total. The van der Waals surface area contributed by atoms with E-state index in [1.807, 2.05) is 4.90 Å². The summed E-state index contributed by atoms with van der Waals surface area (Å²) < 4.78 is 32.7. The zero-order chi connectivity index (χ0) is 21.1. The highest BCUT2D eigenvalue weighted by Gasteiger charge is 2.42. The van der Waals surface area contributed by atoms with Crippen molar-refractivity contribution in [3.8, 4) is 0 Å². The van der Waals surface area contributed by atoms with Gasteiger partial charge in [0.25, 0.3) is 0 Å². The predicted molar refractivity (Wildman–Crippen MR) is 117 cm³/mol. The molecule has 1 aromatic rings. The van der Waals surface area contributed by atoms with Crippen LogP contribution >= 0.6 is 0 Å². The minimum absolute atomic E-state index is 0.116. The molecule has 1 aliphatic heterocycles. The minimum atomic E-state index is -3.33. The van der Waals surface area contributed by atoms with Crippen molar-refractivity contribution < 1.29 is 17.9 Å². The van der Waals surface area contributed by atoms with Crippen molar-refractivity contribution in [1.29, 1.82) is 0 Å². The standard InChI is InChI=1S/C23H34N2O4S/c1-30(27,28)24-21-14-15-25(23(26)19-8-5-9-19)22(21)16-29-20-12-10-18(11-13-20)17-6-3-2-4-7-17/h2-4,6-7,18-22,24H,5,8-16H2,1H3/t18?,20?,21-,22-/m1/s1. The number of carbonyl (C=O) groups is 1. The molecule has 3 aliphatic rings. The van der Waals surface area contributed by atoms with Gasteiger partial charge in [-0.1, -0.05) is 36.8 Å². The van der Waals surface area contributed by atoms with E-state index in [4.69, 9.17) is 4.74 Å². The first-order valence-electron chi connectivity index (χ1n) is 11.3. The van der Waals surface area contributed by atoms with E-state index in [2.05, 4.69) is 35.1 Å². The highest BCUT2D eigenvalue weighted by molar-refractivity contribution is 7.88. The van der Waals surface area contributed by atoms with Crippen molar-refractivity contribution in [3.05, 3.63) is 35.9 Å². The third kappa shape index (κ3) is 5.24. The molecule has 1 aromatic carbocycles. The van der Waals surface area contributed by atoms with E-state index in [0.29, 0.717) is 25.5 Å². The molecule has 7 heteroatoms. The Bertz CT molecular complexity index is 817. The molecule has 2 saturated carbocycles. The van der Waals surface area contributed by atoms with Gasteiger partial charge in [0.05, 0.1) is 25.0 Å². The summed E-state index contributed by atoms with van der Waals surface area (Å²) in [7, 11) is -3.33. The van der Waals surface area contributed by atoms with Crippen LogP contribution in [0.3, 0.4) is 0 Å². The molecule has 0 radical (unpaired) electrons. The van der Waals surface area contributed by atoms with Gasteiger partial charge >= 0.3 is 0 Å². The van der Waals surface area contributed by atoms with Crippen molar-refractivity contribution in [1.82, 2.24) is 9.62 Å². The average molecular weight is 435 g/mol. The highest BCUT2D eigenvalue weighted by Crippen LogP contribution is 2.35. The molecule has 166 valence electrons. The van der Waals surface area contributed by atoms with Gasteiger partial charge in [0.2, 0.25) is 15.9 Å². The Morgan fingerprint density at radius 2 is 1.77 bits per heavy atom. The van der Waals surface area contributed by atoms with Crippen LogP contribution in [0.1, 0.15) is 62.8 Å². The first-order valence-corrected chi connectivity index (χ1v) is 13.2. The molecule has 2 atom stereocenters. The fourth-order valence-corrected chi connectivity index (χ4v) is 5.98. The van der Waals surface area contributed by atoms with Gasteiger partial charge in [-0.25, -0.2) is 13.1 Å². The van der Waals surface area contributed by atoms with E-state index in [1.54, 1.807) is 0 Å². The van der Waals surface area contributed by atoms with E-state index < -0.39 is 10.0 Å². The molecule has 6 nitrogen and oxygen atoms in total. The lowest BCUT2D eigenvalue weighted by Crippen LogP contribution is -2.51. The predicted octanol–water partition coefficient (Wildman–Crippen LogP) is 3.05. The topological polar surface area (TPSA) is 75.7 Å². The summed E-state index contributed by atoms with van der Waals surface area (Å²) >= 11 is 0. The molecule has 1 saturated heterocycles. The Morgan fingerprint density at radius 3 is 2.37 bits per heavy atom. The lowest BCUT2D eigenvalue weighted by Gasteiger charge is -2.35. The van der Waals surface area contributed by atoms with Gasteiger partial charge in [0, 0.05) is 18.5 Å². The normalized spacial score (nSPS) is 30.2. The summed E-state index contributed by atoms with van der Waals surface area (Å²) in [4.78, 5) is 14.8. The SMILES string of the molecule is CS(=O)(=O)N[C@@H]1CCN(C(=O)C2CCC2)[C@@H]1COC1CCC(c2ccccc2)CC1. The summed E-state index contributed by atoms with van der Waals surface area (Å²) in [6, 6.07) is 10.2. The molecule has 0 unspecified atom stereocenters. The molecule has 0 bridgehead atoms. The maximum atomic E-state index is 12.9. The molecule has 1 amide bonds. The summed E-state index contributed by atoms with van der Waals surface area (Å²) in [6.07, 6.45) is 9.27. The number of sulfonamides is 1. The lowest BCUT2D eigenvalue weighted by molar-refractivity contribution is -0.141. The number of rotatable bonds is 7. The lowest BCUT2D eigenvalue weighted by atomic mass is 9.83. The molecule has 0 aromatic heterocycles. The van der Waals surface area contributed by atoms with Crippen molar-refractivity contribution in [2.75, 3.05) is 19.4 Å². The molecular formula is C23H34N2O4S. The highest BCUT2D eigenvalue weighted by atomic mass is 32.2. The van der Waals surface area contributed by atoms with E-state index in [0.717, 1.165) is 44.9 Å². The van der Waals surface area contributed by atoms with E-state index in [-0.39, 0.29) is 30.0 Å². The fraction of sp³-hybridized carbons (Fsp3) is 0.696. The maximum Gasteiger partial charge on any atom is 0.226 e. The number of nitrogens with one attached hydrogen (secondary N) is 1. The van der Waals surface area contributed by atoms with Crippen LogP contribution in [0.5, 0.6) is 0 Å². The molecule has 0 spiro atoms. The summed E-state index contributed by atoms with van der Waals surface area (Å²) in [6.45, 7) is 1.02. The smallest absolute Gasteiger partial charge is 0.226 e. The van der Waals surface area contributed by atoms with Crippen LogP contribution in [0.2, 0.25) is 0 Å². The zero-order valence-corrected chi connectivity index (χ0v) is 18.6. The van der Waals surface area contributed by atoms with Crippen molar-refractivity contribution in [2.24, 2.45) is 5.92 Å². The van der Waals surface area contributed by atoms with E-state index in [1.165, 1.54) is 11.8 Å². The largest absolute Gasteiger partial charge is 0.376 e. The fourth-order valence-electron chi connectivity index (χ4n) is 5.16. The third-order valence-corrected chi connectivity index (χ3v) is 7.83. The Labute approximate surface area is 180 Å². The number of likely N-dealkylation sites (tertiary alicyclic amines) is 1. The van der Waals surface area contributed by atoms with Crippen molar-refractivity contribution in [3.63, 3.8) is 0 Å². The summed E-state index contributed by atoms with van der Waals surface area (Å²) in [5, 5.41) is 0. The van der Waals surface area contributed by atoms with Crippen LogP contribution in [-0.4, -0.2) is 56.8 Å². The maximum absolute atomic E-state index is 12.9. The molecule has 2 aliphatic carbocycles. The quantitative estimate of drug-likeness (QED) is 0.716. The first-order chi connectivity index (χ1) is 14.4.